The Morgan fingerprint density at radius 2 is 1.86 bits per heavy atom. The largest absolute Gasteiger partial charge is 0.416 e. The summed E-state index contributed by atoms with van der Waals surface area (Å²) in [7, 11) is 0. The summed E-state index contributed by atoms with van der Waals surface area (Å²) in [6, 6.07) is 11.8. The van der Waals surface area contributed by atoms with Crippen LogP contribution < -0.4 is 4.89 Å². The maximum Gasteiger partial charge on any atom is 0.416 e. The Labute approximate surface area is 212 Å². The second-order valence-corrected chi connectivity index (χ2v) is 10.9. The zero-order chi connectivity index (χ0) is 25.4. The zero-order valence-electron chi connectivity index (χ0n) is 20.2. The third-order valence-corrected chi connectivity index (χ3v) is 8.02. The number of carbonyl (C=O) groups is 1. The van der Waals surface area contributed by atoms with Crippen LogP contribution in [0.3, 0.4) is 0 Å². The van der Waals surface area contributed by atoms with E-state index in [1.54, 1.807) is 23.9 Å². The Morgan fingerprint density at radius 3 is 2.54 bits per heavy atom. The number of aryl methyl sites for hydroxylation is 1. The van der Waals surface area contributed by atoms with Gasteiger partial charge in [0.05, 0.1) is 5.56 Å². The van der Waals surface area contributed by atoms with Crippen molar-refractivity contribution in [1.82, 2.24) is 0 Å². The molecule has 0 amide bonds. The molecule has 2 aromatic carbocycles. The number of rotatable bonds is 12. The van der Waals surface area contributed by atoms with Gasteiger partial charge in [-0.1, -0.05) is 32.8 Å². The van der Waals surface area contributed by atoms with E-state index >= 15 is 0 Å². The van der Waals surface area contributed by atoms with Crippen LogP contribution in [0.25, 0.3) is 10.1 Å². The van der Waals surface area contributed by atoms with Gasteiger partial charge in [-0.05, 0) is 85.2 Å². The van der Waals surface area contributed by atoms with E-state index in [1.807, 2.05) is 26.0 Å². The maximum absolute atomic E-state index is 13.1. The van der Waals surface area contributed by atoms with Gasteiger partial charge in [-0.15, -0.1) is 23.1 Å². The summed E-state index contributed by atoms with van der Waals surface area (Å²) in [4.78, 5) is 23.8. The number of thioether (sulfide) groups is 1. The number of carbonyl (C=O) groups excluding carboxylic acids is 1. The van der Waals surface area contributed by atoms with Crippen LogP contribution in [0.4, 0.5) is 13.2 Å². The van der Waals surface area contributed by atoms with Gasteiger partial charge >= 0.3 is 12.1 Å². The van der Waals surface area contributed by atoms with Crippen molar-refractivity contribution >= 4 is 39.2 Å². The van der Waals surface area contributed by atoms with Crippen molar-refractivity contribution in [3.8, 4) is 5.75 Å². The molecule has 0 aliphatic rings. The second kappa shape index (κ2) is 12.7. The summed E-state index contributed by atoms with van der Waals surface area (Å²) in [5.74, 6) is 1.33. The van der Waals surface area contributed by atoms with E-state index in [9.17, 15) is 18.0 Å². The van der Waals surface area contributed by atoms with E-state index in [0.29, 0.717) is 29.2 Å². The lowest BCUT2D eigenvalue weighted by Crippen LogP contribution is -2.07. The first-order chi connectivity index (χ1) is 16.7. The fourth-order valence-electron chi connectivity index (χ4n) is 3.77. The predicted octanol–water partition coefficient (Wildman–Crippen LogP) is 9.32. The van der Waals surface area contributed by atoms with Gasteiger partial charge in [-0.2, -0.15) is 13.2 Å². The smallest absolute Gasteiger partial charge is 0.287 e. The number of benzene rings is 2. The molecule has 1 atom stereocenters. The number of fused-ring (bicyclic) bond motifs is 1. The van der Waals surface area contributed by atoms with Crippen LogP contribution in [0, 0.1) is 6.92 Å². The minimum absolute atomic E-state index is 0.315. The summed E-state index contributed by atoms with van der Waals surface area (Å²) in [5.41, 5.74) is 0.286. The van der Waals surface area contributed by atoms with Crippen molar-refractivity contribution in [1.29, 1.82) is 0 Å². The molecule has 35 heavy (non-hydrogen) atoms. The fraction of sp³-hybridized carbons (Fsp3) is 0.444. The number of hydrogen-bond donors (Lipinski definition) is 0. The average molecular weight is 525 g/mol. The summed E-state index contributed by atoms with van der Waals surface area (Å²) < 4.78 is 40.0. The highest BCUT2D eigenvalue weighted by atomic mass is 32.2. The first-order valence-corrected chi connectivity index (χ1v) is 13.7. The standard InChI is InChI=1S/C27H31F3O3S2/c1-4-6-8-19(24-16-20-9-10-21(27(28,29)30)17-25(20)35-24)13-14-34-22-11-12-23(18(3)15-22)32-33-26(31)7-5-2/h9-12,15-17,19H,4-8,13-14H2,1-3H3. The van der Waals surface area contributed by atoms with Crippen LogP contribution in [0.15, 0.2) is 47.4 Å². The summed E-state index contributed by atoms with van der Waals surface area (Å²) in [6.45, 7) is 5.96. The van der Waals surface area contributed by atoms with E-state index in [4.69, 9.17) is 9.78 Å². The van der Waals surface area contributed by atoms with Gasteiger partial charge in [0.1, 0.15) is 0 Å². The Hall–Kier alpha value is -2.19. The zero-order valence-corrected chi connectivity index (χ0v) is 21.9. The Balaban J connectivity index is 1.63. The normalized spacial score (nSPS) is 12.6. The average Bonchev–Trinajstić information content (AvgIpc) is 3.23. The molecule has 0 fully saturated rings. The third-order valence-electron chi connectivity index (χ3n) is 5.73. The molecular weight excluding hydrogens is 493 g/mol. The number of thiophene rings is 1. The van der Waals surface area contributed by atoms with Gasteiger partial charge < -0.3 is 0 Å². The molecule has 1 unspecified atom stereocenters. The van der Waals surface area contributed by atoms with Crippen molar-refractivity contribution < 1.29 is 27.7 Å². The lowest BCUT2D eigenvalue weighted by molar-refractivity contribution is -0.214. The van der Waals surface area contributed by atoms with Crippen LogP contribution in [0.1, 0.15) is 74.3 Å². The predicted molar refractivity (Wildman–Crippen MR) is 137 cm³/mol. The van der Waals surface area contributed by atoms with E-state index in [-0.39, 0.29) is 5.97 Å². The van der Waals surface area contributed by atoms with E-state index in [2.05, 4.69) is 13.0 Å². The van der Waals surface area contributed by atoms with Crippen molar-refractivity contribution in [2.45, 2.75) is 76.3 Å². The highest BCUT2D eigenvalue weighted by Gasteiger charge is 2.30. The molecule has 0 spiro atoms. The van der Waals surface area contributed by atoms with Crippen LogP contribution in [-0.4, -0.2) is 11.7 Å². The van der Waals surface area contributed by atoms with Gasteiger partial charge in [0.15, 0.2) is 5.75 Å². The molecule has 1 heterocycles. The number of unbranched alkanes of at least 4 members (excludes halogenated alkanes) is 1. The number of hydrogen-bond acceptors (Lipinski definition) is 5. The molecule has 0 bridgehead atoms. The molecule has 8 heteroatoms. The highest BCUT2D eigenvalue weighted by Crippen LogP contribution is 2.39. The Bertz CT molecular complexity index is 1120. The fourth-order valence-corrected chi connectivity index (χ4v) is 6.11. The third kappa shape index (κ3) is 7.90. The number of halogens is 3. The van der Waals surface area contributed by atoms with E-state index < -0.39 is 11.7 Å². The molecular formula is C27H31F3O3S2. The van der Waals surface area contributed by atoms with Gasteiger partial charge in [0.25, 0.3) is 0 Å². The molecule has 3 rings (SSSR count). The lowest BCUT2D eigenvalue weighted by Gasteiger charge is -2.15. The van der Waals surface area contributed by atoms with E-state index in [1.165, 1.54) is 17.4 Å². The van der Waals surface area contributed by atoms with Gasteiger partial charge in [0.2, 0.25) is 0 Å². The molecule has 0 saturated heterocycles. The van der Waals surface area contributed by atoms with Crippen molar-refractivity contribution in [3.05, 3.63) is 58.5 Å². The second-order valence-electron chi connectivity index (χ2n) is 8.59. The van der Waals surface area contributed by atoms with E-state index in [0.717, 1.165) is 58.2 Å². The quantitative estimate of drug-likeness (QED) is 0.134. The monoisotopic (exact) mass is 524 g/mol. The maximum atomic E-state index is 13.1. The summed E-state index contributed by atoms with van der Waals surface area (Å²) >= 11 is 3.22. The Kier molecular flexibility index (Phi) is 9.92. The Morgan fingerprint density at radius 1 is 1.06 bits per heavy atom. The molecule has 0 aliphatic carbocycles. The topological polar surface area (TPSA) is 35.5 Å². The van der Waals surface area contributed by atoms with Gasteiger partial charge in [0, 0.05) is 20.9 Å². The van der Waals surface area contributed by atoms with Crippen molar-refractivity contribution in [2.24, 2.45) is 0 Å². The first-order valence-electron chi connectivity index (χ1n) is 11.9. The molecule has 0 aliphatic heterocycles. The SMILES string of the molecule is CCCCC(CCSc1ccc(OOC(=O)CCC)c(C)c1)c1cc2ccc(C(F)(F)F)cc2s1. The van der Waals surface area contributed by atoms with Crippen molar-refractivity contribution in [3.63, 3.8) is 0 Å². The molecule has 0 saturated carbocycles. The number of alkyl halides is 3. The molecule has 3 aromatic rings. The minimum atomic E-state index is -4.33. The van der Waals surface area contributed by atoms with Crippen LogP contribution in [-0.2, 0) is 15.9 Å². The van der Waals surface area contributed by atoms with Crippen molar-refractivity contribution in [2.75, 3.05) is 5.75 Å². The lowest BCUT2D eigenvalue weighted by atomic mass is 9.97. The first kappa shape index (κ1) is 27.4. The molecule has 0 N–H and O–H groups in total. The molecule has 0 radical (unpaired) electrons. The minimum Gasteiger partial charge on any atom is -0.287 e. The van der Waals surface area contributed by atoms with Gasteiger partial charge in [-0.3, -0.25) is 9.78 Å². The summed E-state index contributed by atoms with van der Waals surface area (Å²) in [6.07, 6.45) is 0.810. The summed E-state index contributed by atoms with van der Waals surface area (Å²) in [5, 5.41) is 0.873. The van der Waals surface area contributed by atoms with Crippen LogP contribution in [0.5, 0.6) is 5.75 Å². The van der Waals surface area contributed by atoms with Crippen LogP contribution in [0.2, 0.25) is 0 Å². The molecule has 1 aromatic heterocycles. The highest BCUT2D eigenvalue weighted by molar-refractivity contribution is 7.99. The molecule has 3 nitrogen and oxygen atoms in total. The van der Waals surface area contributed by atoms with Gasteiger partial charge in [-0.25, -0.2) is 4.79 Å². The molecule has 190 valence electrons. The van der Waals surface area contributed by atoms with Crippen LogP contribution >= 0.6 is 23.1 Å².